The number of rotatable bonds is 14. The minimum absolute atomic E-state index is 0.0733. The van der Waals surface area contributed by atoms with E-state index in [0.717, 1.165) is 24.9 Å². The molecule has 0 aliphatic carbocycles. The molecule has 1 N–H and O–H groups in total. The second kappa shape index (κ2) is 13.7. The van der Waals surface area contributed by atoms with Gasteiger partial charge in [-0.05, 0) is 69.7 Å². The first-order valence-electron chi connectivity index (χ1n) is 12.9. The van der Waals surface area contributed by atoms with Crippen LogP contribution in [0.3, 0.4) is 0 Å². The largest absolute Gasteiger partial charge is 0.503 e. The lowest BCUT2D eigenvalue weighted by Crippen LogP contribution is -2.33. The molecular formula is C30H38N2O5. The fourth-order valence-electron chi connectivity index (χ4n) is 4.27. The van der Waals surface area contributed by atoms with E-state index in [9.17, 15) is 14.7 Å². The van der Waals surface area contributed by atoms with E-state index in [-0.39, 0.29) is 5.57 Å². The summed E-state index contributed by atoms with van der Waals surface area (Å²) in [5.41, 5.74) is 1.61. The van der Waals surface area contributed by atoms with Crippen LogP contribution in [0.1, 0.15) is 50.3 Å². The number of aliphatic hydroxyl groups excluding tert-OH is 1. The van der Waals surface area contributed by atoms with Crippen LogP contribution in [0.15, 0.2) is 65.9 Å². The van der Waals surface area contributed by atoms with Gasteiger partial charge in [0.15, 0.2) is 23.0 Å². The van der Waals surface area contributed by atoms with Crippen LogP contribution in [0.4, 0.5) is 0 Å². The Balaban J connectivity index is 1.99. The van der Waals surface area contributed by atoms with Gasteiger partial charge in [0.25, 0.3) is 5.91 Å². The van der Waals surface area contributed by atoms with Gasteiger partial charge in [-0.15, -0.1) is 0 Å². The number of carbonyl (C=O) groups excluding carboxylic acids is 2. The number of aliphatic hydroxyl groups is 1. The van der Waals surface area contributed by atoms with E-state index in [2.05, 4.69) is 6.92 Å². The summed E-state index contributed by atoms with van der Waals surface area (Å²) in [6.45, 7) is 6.16. The van der Waals surface area contributed by atoms with E-state index in [1.165, 1.54) is 6.08 Å². The third kappa shape index (κ3) is 7.23. The summed E-state index contributed by atoms with van der Waals surface area (Å²) in [6, 6.07) is 14.2. The molecule has 2 aromatic rings. The van der Waals surface area contributed by atoms with Crippen LogP contribution in [0.5, 0.6) is 11.5 Å². The molecule has 1 aliphatic heterocycles. The Hall–Kier alpha value is -3.58. The SMILES string of the molecule is CCCCOc1ccc(C2C(C(=O)C=Cc3ccccc3)=C(O)C(=O)N2CCCN(C)C)cc1OCC. The fourth-order valence-corrected chi connectivity index (χ4v) is 4.27. The third-order valence-electron chi connectivity index (χ3n) is 6.14. The molecule has 0 spiro atoms. The number of unbranched alkanes of at least 4 members (excludes halogenated alkanes) is 1. The number of benzene rings is 2. The zero-order valence-corrected chi connectivity index (χ0v) is 22.3. The molecular weight excluding hydrogens is 468 g/mol. The van der Waals surface area contributed by atoms with Gasteiger partial charge in [0, 0.05) is 6.54 Å². The van der Waals surface area contributed by atoms with Gasteiger partial charge in [0.2, 0.25) is 0 Å². The van der Waals surface area contributed by atoms with Crippen molar-refractivity contribution in [1.29, 1.82) is 0 Å². The lowest BCUT2D eigenvalue weighted by molar-refractivity contribution is -0.129. The van der Waals surface area contributed by atoms with Crippen molar-refractivity contribution in [3.63, 3.8) is 0 Å². The monoisotopic (exact) mass is 506 g/mol. The normalized spacial score (nSPS) is 15.8. The average molecular weight is 507 g/mol. The van der Waals surface area contributed by atoms with E-state index in [0.29, 0.717) is 43.2 Å². The first-order valence-corrected chi connectivity index (χ1v) is 12.9. The second-order valence-electron chi connectivity index (χ2n) is 9.27. The molecule has 1 heterocycles. The highest BCUT2D eigenvalue weighted by Gasteiger charge is 2.42. The van der Waals surface area contributed by atoms with Gasteiger partial charge in [-0.1, -0.05) is 55.8 Å². The van der Waals surface area contributed by atoms with Crippen molar-refractivity contribution in [3.8, 4) is 11.5 Å². The number of nitrogens with zero attached hydrogens (tertiary/aromatic N) is 2. The standard InChI is InChI=1S/C30H38N2O5/c1-5-7-20-37-25-17-15-23(21-26(25)36-6-2)28-27(24(33)16-14-22-12-9-8-10-13-22)29(34)30(35)32(28)19-11-18-31(3)4/h8-10,12-17,21,28,34H,5-7,11,18-20H2,1-4H3. The molecule has 198 valence electrons. The fraction of sp³-hybridized carbons (Fsp3) is 0.400. The Morgan fingerprint density at radius 3 is 2.49 bits per heavy atom. The number of amides is 1. The van der Waals surface area contributed by atoms with E-state index >= 15 is 0 Å². The van der Waals surface area contributed by atoms with Crippen molar-refractivity contribution in [3.05, 3.63) is 77.1 Å². The lowest BCUT2D eigenvalue weighted by atomic mass is 9.95. The number of ether oxygens (including phenoxy) is 2. The van der Waals surface area contributed by atoms with Crippen LogP contribution in [-0.2, 0) is 9.59 Å². The predicted molar refractivity (Wildman–Crippen MR) is 146 cm³/mol. The Kier molecular flexibility index (Phi) is 10.3. The zero-order chi connectivity index (χ0) is 26.8. The summed E-state index contributed by atoms with van der Waals surface area (Å²) in [5.74, 6) is -0.279. The van der Waals surface area contributed by atoms with Gasteiger partial charge < -0.3 is 24.4 Å². The first-order chi connectivity index (χ1) is 17.9. The van der Waals surface area contributed by atoms with Crippen molar-refractivity contribution >= 4 is 17.8 Å². The van der Waals surface area contributed by atoms with Crippen molar-refractivity contribution in [2.75, 3.05) is 40.4 Å². The molecule has 0 bridgehead atoms. The molecule has 3 rings (SSSR count). The molecule has 0 saturated heterocycles. The highest BCUT2D eigenvalue weighted by atomic mass is 16.5. The maximum Gasteiger partial charge on any atom is 0.290 e. The molecule has 0 saturated carbocycles. The Bertz CT molecular complexity index is 1120. The molecule has 1 amide bonds. The summed E-state index contributed by atoms with van der Waals surface area (Å²) in [7, 11) is 3.93. The molecule has 7 nitrogen and oxygen atoms in total. The van der Waals surface area contributed by atoms with Crippen molar-refractivity contribution in [1.82, 2.24) is 9.80 Å². The molecule has 37 heavy (non-hydrogen) atoms. The molecule has 0 fully saturated rings. The van der Waals surface area contributed by atoms with Gasteiger partial charge in [0.05, 0.1) is 24.8 Å². The summed E-state index contributed by atoms with van der Waals surface area (Å²) in [5, 5.41) is 10.9. The van der Waals surface area contributed by atoms with Crippen LogP contribution >= 0.6 is 0 Å². The zero-order valence-electron chi connectivity index (χ0n) is 22.3. The maximum atomic E-state index is 13.4. The number of allylic oxidation sites excluding steroid dienone is 1. The summed E-state index contributed by atoms with van der Waals surface area (Å²) in [6.07, 6.45) is 5.74. The molecule has 1 aliphatic rings. The van der Waals surface area contributed by atoms with Crippen molar-refractivity contribution in [2.45, 2.75) is 39.2 Å². The predicted octanol–water partition coefficient (Wildman–Crippen LogP) is 5.19. The van der Waals surface area contributed by atoms with Crippen LogP contribution in [0, 0.1) is 0 Å². The van der Waals surface area contributed by atoms with E-state index < -0.39 is 23.5 Å². The Morgan fingerprint density at radius 2 is 1.81 bits per heavy atom. The molecule has 0 radical (unpaired) electrons. The number of hydrogen-bond acceptors (Lipinski definition) is 6. The summed E-state index contributed by atoms with van der Waals surface area (Å²) in [4.78, 5) is 30.2. The number of ketones is 1. The van der Waals surface area contributed by atoms with E-state index in [4.69, 9.17) is 9.47 Å². The minimum atomic E-state index is -0.730. The lowest BCUT2D eigenvalue weighted by Gasteiger charge is -2.27. The molecule has 7 heteroatoms. The van der Waals surface area contributed by atoms with Gasteiger partial charge in [-0.2, -0.15) is 0 Å². The Morgan fingerprint density at radius 1 is 1.05 bits per heavy atom. The maximum absolute atomic E-state index is 13.4. The summed E-state index contributed by atoms with van der Waals surface area (Å²) < 4.78 is 11.8. The molecule has 1 unspecified atom stereocenters. The van der Waals surface area contributed by atoms with Gasteiger partial charge in [0.1, 0.15) is 0 Å². The van der Waals surface area contributed by atoms with E-state index in [1.807, 2.05) is 74.4 Å². The highest BCUT2D eigenvalue weighted by Crippen LogP contribution is 2.41. The van der Waals surface area contributed by atoms with Crippen molar-refractivity contribution in [2.24, 2.45) is 0 Å². The quantitative estimate of drug-likeness (QED) is 0.281. The average Bonchev–Trinajstić information content (AvgIpc) is 3.14. The smallest absolute Gasteiger partial charge is 0.290 e. The van der Waals surface area contributed by atoms with Gasteiger partial charge in [-0.3, -0.25) is 9.59 Å². The van der Waals surface area contributed by atoms with E-state index in [1.54, 1.807) is 11.0 Å². The van der Waals surface area contributed by atoms with Crippen molar-refractivity contribution < 1.29 is 24.2 Å². The van der Waals surface area contributed by atoms with Crippen LogP contribution in [-0.4, -0.2) is 67.0 Å². The minimum Gasteiger partial charge on any atom is -0.503 e. The number of carbonyl (C=O) groups is 2. The molecule has 2 aromatic carbocycles. The molecule has 1 atom stereocenters. The number of hydrogen-bond donors (Lipinski definition) is 1. The second-order valence-corrected chi connectivity index (χ2v) is 9.27. The third-order valence-corrected chi connectivity index (χ3v) is 6.14. The van der Waals surface area contributed by atoms with Crippen LogP contribution in [0.2, 0.25) is 0 Å². The molecule has 0 aromatic heterocycles. The van der Waals surface area contributed by atoms with Crippen LogP contribution in [0.25, 0.3) is 6.08 Å². The first kappa shape index (κ1) is 28.0. The van der Waals surface area contributed by atoms with Crippen LogP contribution < -0.4 is 9.47 Å². The summed E-state index contributed by atoms with van der Waals surface area (Å²) >= 11 is 0. The highest BCUT2D eigenvalue weighted by molar-refractivity contribution is 6.14. The topological polar surface area (TPSA) is 79.3 Å². The Labute approximate surface area is 220 Å². The van der Waals surface area contributed by atoms with Gasteiger partial charge >= 0.3 is 0 Å². The van der Waals surface area contributed by atoms with Gasteiger partial charge in [-0.25, -0.2) is 0 Å².